The second-order valence-electron chi connectivity index (χ2n) is 8.23. The SMILES string of the molecule is Nc1nc(N2CCOCC2)cc(N2C[C@H](O)[C@@]3(C2)[C@H](CO)[C@H]3c2ccccc2)n1. The molecule has 3 aliphatic rings. The number of anilines is 3. The predicted molar refractivity (Wildman–Crippen MR) is 110 cm³/mol. The number of rotatable bonds is 4. The summed E-state index contributed by atoms with van der Waals surface area (Å²) < 4.78 is 5.43. The Morgan fingerprint density at radius 3 is 2.48 bits per heavy atom. The summed E-state index contributed by atoms with van der Waals surface area (Å²) in [5, 5.41) is 21.0. The molecule has 2 aromatic rings. The van der Waals surface area contributed by atoms with Gasteiger partial charge >= 0.3 is 0 Å². The van der Waals surface area contributed by atoms with Gasteiger partial charge in [0.05, 0.1) is 19.3 Å². The third kappa shape index (κ3) is 3.02. The Morgan fingerprint density at radius 1 is 1.10 bits per heavy atom. The summed E-state index contributed by atoms with van der Waals surface area (Å²) in [6, 6.07) is 12.1. The van der Waals surface area contributed by atoms with Gasteiger partial charge in [-0.1, -0.05) is 30.3 Å². The maximum atomic E-state index is 11.0. The summed E-state index contributed by atoms with van der Waals surface area (Å²) >= 11 is 0. The number of aliphatic hydroxyl groups excluding tert-OH is 2. The Hall–Kier alpha value is -2.42. The van der Waals surface area contributed by atoms with Gasteiger partial charge < -0.3 is 30.5 Å². The molecule has 8 nitrogen and oxygen atoms in total. The third-order valence-corrected chi connectivity index (χ3v) is 6.77. The lowest BCUT2D eigenvalue weighted by molar-refractivity contribution is 0.113. The van der Waals surface area contributed by atoms with E-state index in [1.54, 1.807) is 0 Å². The largest absolute Gasteiger partial charge is 0.396 e. The van der Waals surface area contributed by atoms with E-state index in [1.165, 1.54) is 5.56 Å². The van der Waals surface area contributed by atoms with Crippen LogP contribution in [0.1, 0.15) is 11.5 Å². The maximum Gasteiger partial charge on any atom is 0.223 e. The fourth-order valence-corrected chi connectivity index (χ4v) is 5.30. The number of nitrogen functional groups attached to an aromatic ring is 1. The molecule has 1 aromatic heterocycles. The second-order valence-corrected chi connectivity index (χ2v) is 8.23. The Balaban J connectivity index is 1.42. The molecule has 0 amide bonds. The molecule has 2 aliphatic heterocycles. The Kier molecular flexibility index (Phi) is 4.57. The van der Waals surface area contributed by atoms with Crippen LogP contribution in [-0.4, -0.2) is 72.3 Å². The van der Waals surface area contributed by atoms with Crippen molar-refractivity contribution in [3.05, 3.63) is 42.0 Å². The highest BCUT2D eigenvalue weighted by Crippen LogP contribution is 2.68. The van der Waals surface area contributed by atoms with Gasteiger partial charge in [-0.05, 0) is 17.4 Å². The number of aliphatic hydroxyl groups is 2. The van der Waals surface area contributed by atoms with Crippen molar-refractivity contribution in [2.45, 2.75) is 12.0 Å². The van der Waals surface area contributed by atoms with Crippen LogP contribution in [0, 0.1) is 11.3 Å². The maximum absolute atomic E-state index is 11.0. The number of benzene rings is 1. The minimum Gasteiger partial charge on any atom is -0.396 e. The van der Waals surface area contributed by atoms with Crippen LogP contribution in [0.2, 0.25) is 0 Å². The quantitative estimate of drug-likeness (QED) is 0.683. The second kappa shape index (κ2) is 7.12. The molecule has 0 radical (unpaired) electrons. The van der Waals surface area contributed by atoms with Crippen LogP contribution in [0.15, 0.2) is 36.4 Å². The van der Waals surface area contributed by atoms with Gasteiger partial charge in [-0.2, -0.15) is 9.97 Å². The summed E-state index contributed by atoms with van der Waals surface area (Å²) in [4.78, 5) is 13.1. The molecule has 29 heavy (non-hydrogen) atoms. The molecule has 4 atom stereocenters. The summed E-state index contributed by atoms with van der Waals surface area (Å²) in [5.74, 6) is 1.94. The summed E-state index contributed by atoms with van der Waals surface area (Å²) in [5.41, 5.74) is 6.83. The number of β-amino-alcohol motifs (C(OH)–C–C–N with tert-alkyl or cyclic N) is 1. The number of nitrogens with two attached hydrogens (primary N) is 1. The van der Waals surface area contributed by atoms with E-state index >= 15 is 0 Å². The topological polar surface area (TPSA) is 108 Å². The van der Waals surface area contributed by atoms with Gasteiger partial charge in [0, 0.05) is 44.3 Å². The number of hydrogen-bond donors (Lipinski definition) is 3. The summed E-state index contributed by atoms with van der Waals surface area (Å²) in [6.45, 7) is 4.05. The zero-order valence-corrected chi connectivity index (χ0v) is 16.3. The number of nitrogens with zero attached hydrogens (tertiary/aromatic N) is 4. The minimum absolute atomic E-state index is 0.0443. The first kappa shape index (κ1) is 18.6. The zero-order chi connectivity index (χ0) is 20.0. The first-order valence-corrected chi connectivity index (χ1v) is 10.2. The lowest BCUT2D eigenvalue weighted by Crippen LogP contribution is -2.37. The van der Waals surface area contributed by atoms with Crippen LogP contribution < -0.4 is 15.5 Å². The first-order valence-electron chi connectivity index (χ1n) is 10.2. The van der Waals surface area contributed by atoms with Crippen molar-refractivity contribution in [1.29, 1.82) is 0 Å². The molecule has 1 spiro atoms. The normalized spacial score (nSPS) is 31.4. The van der Waals surface area contributed by atoms with Gasteiger partial charge in [0.15, 0.2) is 0 Å². The van der Waals surface area contributed by atoms with E-state index in [0.29, 0.717) is 26.3 Å². The van der Waals surface area contributed by atoms with Crippen molar-refractivity contribution in [1.82, 2.24) is 9.97 Å². The molecule has 4 N–H and O–H groups in total. The Bertz CT molecular complexity index is 876. The van der Waals surface area contributed by atoms with E-state index in [-0.39, 0.29) is 29.8 Å². The van der Waals surface area contributed by atoms with Gasteiger partial charge in [-0.15, -0.1) is 0 Å². The molecular weight excluding hydrogens is 370 g/mol. The van der Waals surface area contributed by atoms with Gasteiger partial charge in [0.1, 0.15) is 11.6 Å². The lowest BCUT2D eigenvalue weighted by Gasteiger charge is -2.29. The monoisotopic (exact) mass is 397 g/mol. The molecule has 1 saturated carbocycles. The smallest absolute Gasteiger partial charge is 0.223 e. The standard InChI is InChI=1S/C21H27N5O3/c22-20-23-17(25-6-8-29-9-7-25)10-18(24-20)26-11-16(28)21(13-26)15(12-27)19(21)14-4-2-1-3-5-14/h1-5,10,15-16,19,27-28H,6-9,11-13H2,(H2,22,23,24)/t15-,16+,19-,21-/m1/s1. The fourth-order valence-electron chi connectivity index (χ4n) is 5.30. The van der Waals surface area contributed by atoms with Gasteiger partial charge in [0.25, 0.3) is 0 Å². The van der Waals surface area contributed by atoms with E-state index in [4.69, 9.17) is 10.5 Å². The van der Waals surface area contributed by atoms with Gasteiger partial charge in [-0.3, -0.25) is 0 Å². The summed E-state index contributed by atoms with van der Waals surface area (Å²) in [6.07, 6.45) is -0.534. The van der Waals surface area contributed by atoms with Crippen molar-refractivity contribution in [3.63, 3.8) is 0 Å². The van der Waals surface area contributed by atoms with Crippen molar-refractivity contribution in [2.75, 3.05) is 61.5 Å². The molecule has 5 rings (SSSR count). The molecule has 3 fully saturated rings. The Morgan fingerprint density at radius 2 is 1.79 bits per heavy atom. The summed E-state index contributed by atoms with van der Waals surface area (Å²) in [7, 11) is 0. The fraction of sp³-hybridized carbons (Fsp3) is 0.524. The lowest BCUT2D eigenvalue weighted by atomic mass is 9.95. The molecule has 8 heteroatoms. The number of hydrogen-bond acceptors (Lipinski definition) is 8. The van der Waals surface area contributed by atoms with E-state index in [0.717, 1.165) is 24.7 Å². The average Bonchev–Trinajstić information content (AvgIpc) is 3.29. The zero-order valence-electron chi connectivity index (χ0n) is 16.3. The van der Waals surface area contributed by atoms with Crippen LogP contribution in [0.5, 0.6) is 0 Å². The van der Waals surface area contributed by atoms with Crippen LogP contribution in [0.3, 0.4) is 0 Å². The molecule has 3 heterocycles. The molecular formula is C21H27N5O3. The molecule has 1 aliphatic carbocycles. The number of ether oxygens (including phenoxy) is 1. The van der Waals surface area contributed by atoms with Crippen molar-refractivity contribution in [2.24, 2.45) is 11.3 Å². The first-order chi connectivity index (χ1) is 14.1. The van der Waals surface area contributed by atoms with E-state index in [9.17, 15) is 10.2 Å². The van der Waals surface area contributed by atoms with Crippen LogP contribution in [-0.2, 0) is 4.74 Å². The molecule has 154 valence electrons. The van der Waals surface area contributed by atoms with E-state index in [1.807, 2.05) is 24.3 Å². The van der Waals surface area contributed by atoms with Gasteiger partial charge in [0.2, 0.25) is 5.95 Å². The molecule has 1 aromatic carbocycles. The van der Waals surface area contributed by atoms with Crippen molar-refractivity contribution >= 4 is 17.6 Å². The van der Waals surface area contributed by atoms with Crippen LogP contribution in [0.25, 0.3) is 0 Å². The van der Waals surface area contributed by atoms with Crippen molar-refractivity contribution in [3.8, 4) is 0 Å². The number of morpholine rings is 1. The highest BCUT2D eigenvalue weighted by Gasteiger charge is 2.71. The number of aromatic nitrogens is 2. The Labute approximate surface area is 169 Å². The minimum atomic E-state index is -0.534. The molecule has 0 unspecified atom stereocenters. The van der Waals surface area contributed by atoms with E-state index < -0.39 is 6.10 Å². The van der Waals surface area contributed by atoms with Crippen LogP contribution in [0.4, 0.5) is 17.6 Å². The predicted octanol–water partition coefficient (Wildman–Crippen LogP) is 0.469. The van der Waals surface area contributed by atoms with Crippen LogP contribution >= 0.6 is 0 Å². The molecule has 2 saturated heterocycles. The third-order valence-electron chi connectivity index (χ3n) is 6.77. The highest BCUT2D eigenvalue weighted by molar-refractivity contribution is 5.56. The van der Waals surface area contributed by atoms with E-state index in [2.05, 4.69) is 31.9 Å². The highest BCUT2D eigenvalue weighted by atomic mass is 16.5. The molecule has 0 bridgehead atoms. The van der Waals surface area contributed by atoms with Crippen molar-refractivity contribution < 1.29 is 14.9 Å². The van der Waals surface area contributed by atoms with Gasteiger partial charge in [-0.25, -0.2) is 0 Å². The average molecular weight is 397 g/mol.